The highest BCUT2D eigenvalue weighted by atomic mass is 79.9. The molecule has 8 heteroatoms. The van der Waals surface area contributed by atoms with Crippen LogP contribution in [-0.4, -0.2) is 9.79 Å². The Hall–Kier alpha value is -0.720. The number of thioether (sulfide) groups is 1. The van der Waals surface area contributed by atoms with Crippen LogP contribution in [0, 0.1) is 6.92 Å². The molecule has 2 aromatic rings. The Morgan fingerprint density at radius 1 is 1.17 bits per heavy atom. The molecule has 0 aliphatic carbocycles. The van der Waals surface area contributed by atoms with Crippen LogP contribution in [0.25, 0.3) is 0 Å². The van der Waals surface area contributed by atoms with Crippen LogP contribution in [0.4, 0.5) is 8.78 Å². The Kier molecular flexibility index (Phi) is 6.26. The monoisotopic (exact) mass is 436 g/mol. The maximum Gasteiger partial charge on any atom is 0.399 e. The van der Waals surface area contributed by atoms with E-state index in [2.05, 4.69) is 15.9 Å². The van der Waals surface area contributed by atoms with Crippen molar-refractivity contribution in [3.63, 3.8) is 0 Å². The Labute approximate surface area is 151 Å². The smallest absolute Gasteiger partial charge is 0.320 e. The summed E-state index contributed by atoms with van der Waals surface area (Å²) in [6.07, 6.45) is 0. The van der Waals surface area contributed by atoms with Gasteiger partial charge in [0.15, 0.2) is 0 Å². The third kappa shape index (κ3) is 4.46. The van der Waals surface area contributed by atoms with Crippen molar-refractivity contribution >= 4 is 35.3 Å². The highest BCUT2D eigenvalue weighted by Crippen LogP contribution is 2.60. The molecule has 130 valence electrons. The summed E-state index contributed by atoms with van der Waals surface area (Å²) < 4.78 is 38.5. The molecule has 0 spiro atoms. The Morgan fingerprint density at radius 2 is 1.83 bits per heavy atom. The molecule has 0 aromatic heterocycles. The van der Waals surface area contributed by atoms with E-state index in [0.717, 1.165) is 17.4 Å². The summed E-state index contributed by atoms with van der Waals surface area (Å²) in [7, 11) is -5.57. The lowest BCUT2D eigenvalue weighted by Gasteiger charge is -2.19. The Bertz CT molecular complexity index is 780. The first-order chi connectivity index (χ1) is 11.1. The number of halogens is 3. The second kappa shape index (κ2) is 7.67. The van der Waals surface area contributed by atoms with E-state index in [1.54, 1.807) is 11.8 Å². The molecule has 0 saturated carbocycles. The molecule has 0 radical (unpaired) electrons. The van der Waals surface area contributed by atoms with E-state index in [1.807, 2.05) is 31.2 Å². The van der Waals surface area contributed by atoms with Crippen molar-refractivity contribution < 1.29 is 23.1 Å². The molecule has 0 saturated heterocycles. The lowest BCUT2D eigenvalue weighted by molar-refractivity contribution is 0.0557. The third-order valence-corrected chi connectivity index (χ3v) is 6.19. The first-order valence-corrected chi connectivity index (χ1v) is 10.5. The quantitative estimate of drug-likeness (QED) is 0.593. The van der Waals surface area contributed by atoms with Gasteiger partial charge in [0.1, 0.15) is 0 Å². The highest BCUT2D eigenvalue weighted by Gasteiger charge is 2.51. The maximum absolute atomic E-state index is 13.8. The first kappa shape index (κ1) is 19.6. The van der Waals surface area contributed by atoms with Crippen LogP contribution < -0.4 is 0 Å². The molecule has 0 fully saturated rings. The molecule has 0 aliphatic heterocycles. The zero-order chi connectivity index (χ0) is 18.0. The van der Waals surface area contributed by atoms with Crippen molar-refractivity contribution in [2.45, 2.75) is 24.1 Å². The predicted molar refractivity (Wildman–Crippen MR) is 96.3 cm³/mol. The number of hydrogen-bond donors (Lipinski definition) is 2. The normalized spacial score (nSPS) is 12.4. The summed E-state index contributed by atoms with van der Waals surface area (Å²) in [5.41, 5.74) is -1.71. The zero-order valence-corrected chi connectivity index (χ0v) is 16.0. The van der Waals surface area contributed by atoms with Gasteiger partial charge >= 0.3 is 13.3 Å². The molecule has 2 aromatic carbocycles. The van der Waals surface area contributed by atoms with Gasteiger partial charge in [-0.3, -0.25) is 4.57 Å². The Morgan fingerprint density at radius 3 is 2.42 bits per heavy atom. The van der Waals surface area contributed by atoms with Crippen LogP contribution in [0.15, 0.2) is 46.9 Å². The largest absolute Gasteiger partial charge is 0.399 e. The van der Waals surface area contributed by atoms with Gasteiger partial charge in [0, 0.05) is 21.5 Å². The minimum Gasteiger partial charge on any atom is -0.320 e. The van der Waals surface area contributed by atoms with Crippen molar-refractivity contribution in [3.05, 3.63) is 69.2 Å². The molecule has 0 heterocycles. The minimum absolute atomic E-state index is 0.00943. The molecule has 0 amide bonds. The number of rotatable bonds is 6. The molecule has 0 unspecified atom stereocenters. The fourth-order valence-corrected chi connectivity index (χ4v) is 4.50. The van der Waals surface area contributed by atoms with Crippen LogP contribution in [0.3, 0.4) is 0 Å². The van der Waals surface area contributed by atoms with Gasteiger partial charge < -0.3 is 9.79 Å². The van der Waals surface area contributed by atoms with E-state index >= 15 is 0 Å². The predicted octanol–water partition coefficient (Wildman–Crippen LogP) is 5.42. The van der Waals surface area contributed by atoms with Crippen molar-refractivity contribution in [2.24, 2.45) is 0 Å². The summed E-state index contributed by atoms with van der Waals surface area (Å²) in [4.78, 5) is 17.6. The average molecular weight is 437 g/mol. The molecule has 0 atom stereocenters. The lowest BCUT2D eigenvalue weighted by atomic mass is 10.1. The molecule has 24 heavy (non-hydrogen) atoms. The topological polar surface area (TPSA) is 57.5 Å². The number of alkyl halides is 2. The molecule has 0 bridgehead atoms. The fourth-order valence-electron chi connectivity index (χ4n) is 2.10. The number of hydrogen-bond acceptors (Lipinski definition) is 2. The van der Waals surface area contributed by atoms with Gasteiger partial charge in [0.05, 0.1) is 0 Å². The summed E-state index contributed by atoms with van der Waals surface area (Å²) in [6.45, 7) is 2.03. The van der Waals surface area contributed by atoms with Gasteiger partial charge in [-0.2, -0.15) is 20.5 Å². The maximum atomic E-state index is 13.8. The molecular weight excluding hydrogens is 421 g/mol. The van der Waals surface area contributed by atoms with E-state index in [0.29, 0.717) is 5.75 Å². The number of benzene rings is 2. The second-order valence-electron chi connectivity index (χ2n) is 5.32. The van der Waals surface area contributed by atoms with E-state index < -0.39 is 18.8 Å². The Balaban J connectivity index is 2.08. The van der Waals surface area contributed by atoms with Gasteiger partial charge in [-0.25, -0.2) is 0 Å². The van der Waals surface area contributed by atoms with Crippen LogP contribution in [0.2, 0.25) is 0 Å². The number of aryl methyl sites for hydroxylation is 1. The first-order valence-electron chi connectivity index (χ1n) is 6.97. The van der Waals surface area contributed by atoms with Crippen molar-refractivity contribution in [3.8, 4) is 0 Å². The van der Waals surface area contributed by atoms with Gasteiger partial charge in [0.2, 0.25) is 0 Å². The second-order valence-corrected chi connectivity index (χ2v) is 8.81. The van der Waals surface area contributed by atoms with E-state index in [9.17, 15) is 13.3 Å². The van der Waals surface area contributed by atoms with Crippen molar-refractivity contribution in [1.29, 1.82) is 0 Å². The van der Waals surface area contributed by atoms with Gasteiger partial charge in [-0.15, -0.1) is 0 Å². The van der Waals surface area contributed by atoms with Crippen LogP contribution in [-0.2, 0) is 21.7 Å². The van der Waals surface area contributed by atoms with E-state index in [4.69, 9.17) is 9.79 Å². The van der Waals surface area contributed by atoms with Gasteiger partial charge in [-0.1, -0.05) is 52.3 Å². The third-order valence-electron chi connectivity index (χ3n) is 3.51. The summed E-state index contributed by atoms with van der Waals surface area (Å²) in [5, 5.41) is 0. The van der Waals surface area contributed by atoms with Gasteiger partial charge in [-0.05, 0) is 29.7 Å². The van der Waals surface area contributed by atoms with Crippen molar-refractivity contribution in [1.82, 2.24) is 0 Å². The average Bonchev–Trinajstić information content (AvgIpc) is 2.48. The van der Waals surface area contributed by atoms with Crippen LogP contribution >= 0.6 is 35.3 Å². The molecule has 2 rings (SSSR count). The fraction of sp³-hybridized carbons (Fsp3) is 0.250. The van der Waals surface area contributed by atoms with E-state index in [1.165, 1.54) is 23.3 Å². The molecule has 3 nitrogen and oxygen atoms in total. The van der Waals surface area contributed by atoms with E-state index in [-0.39, 0.29) is 4.47 Å². The summed E-state index contributed by atoms with van der Waals surface area (Å²) in [5.74, 6) is 1.40. The van der Waals surface area contributed by atoms with Crippen LogP contribution in [0.5, 0.6) is 0 Å². The molecular formula is C16H16BrF2O3PS. The summed E-state index contributed by atoms with van der Waals surface area (Å²) in [6, 6.07) is 12.0. The standard InChI is InChI=1S/C16H16BrF2O3PS/c1-11-4-2-3-5-13(11)10-24-9-12-6-7-14(15(17)8-12)16(18,19)23(20,21)22/h2-8H,9-10H2,1H3,(H2,20,21,22). The minimum atomic E-state index is -5.57. The van der Waals surface area contributed by atoms with Crippen LogP contribution in [0.1, 0.15) is 22.3 Å². The van der Waals surface area contributed by atoms with Gasteiger partial charge in [0.25, 0.3) is 0 Å². The summed E-state index contributed by atoms with van der Waals surface area (Å²) >= 11 is 4.63. The zero-order valence-electron chi connectivity index (χ0n) is 12.7. The highest BCUT2D eigenvalue weighted by molar-refractivity contribution is 9.10. The SMILES string of the molecule is Cc1ccccc1CSCc1ccc(C(F)(F)P(=O)(O)O)c(Br)c1. The molecule has 2 N–H and O–H groups in total. The lowest BCUT2D eigenvalue weighted by Crippen LogP contribution is -2.14. The van der Waals surface area contributed by atoms with Crippen molar-refractivity contribution in [2.75, 3.05) is 0 Å². The molecule has 0 aliphatic rings.